The molecule has 19 heavy (non-hydrogen) atoms. The smallest absolute Gasteiger partial charge is 0.194 e. The van der Waals surface area contributed by atoms with Gasteiger partial charge in [0, 0.05) is 6.07 Å². The van der Waals surface area contributed by atoms with Crippen LogP contribution in [0.4, 0.5) is 0 Å². The van der Waals surface area contributed by atoms with Crippen LogP contribution in [0.25, 0.3) is 0 Å². The molecule has 1 aromatic heterocycles. The van der Waals surface area contributed by atoms with Gasteiger partial charge in [-0.15, -0.1) is 11.8 Å². The molecule has 0 aliphatic carbocycles. The third kappa shape index (κ3) is 2.58. The van der Waals surface area contributed by atoms with Gasteiger partial charge in [0.1, 0.15) is 11.6 Å². The average Bonchev–Trinajstić information content (AvgIpc) is 2.47. The molecule has 0 saturated carbocycles. The van der Waals surface area contributed by atoms with E-state index >= 15 is 0 Å². The molecule has 0 amide bonds. The molecule has 0 saturated heterocycles. The zero-order valence-corrected chi connectivity index (χ0v) is 12.7. The second kappa shape index (κ2) is 5.43. The topological polar surface area (TPSA) is 31.4 Å². The minimum atomic E-state index is -0.0716. The molecule has 0 N–H and O–H groups in total. The molecule has 3 rings (SSSR count). The maximum Gasteiger partial charge on any atom is 0.194 e. The number of fused-ring (bicyclic) bond motifs is 1. The van der Waals surface area contributed by atoms with E-state index in [9.17, 15) is 0 Å². The number of ether oxygens (including phenoxy) is 2. The molecule has 98 valence electrons. The third-order valence-electron chi connectivity index (χ3n) is 2.90. The lowest BCUT2D eigenvalue weighted by Crippen LogP contribution is -2.22. The lowest BCUT2D eigenvalue weighted by atomic mass is 10.1. The number of hydrogen-bond donors (Lipinski definition) is 0. The summed E-state index contributed by atoms with van der Waals surface area (Å²) < 4.78 is 12.5. The van der Waals surface area contributed by atoms with Gasteiger partial charge in [0.15, 0.2) is 22.2 Å². The molecule has 1 aliphatic rings. The number of benzene rings is 1. The van der Waals surface area contributed by atoms with Crippen LogP contribution in [0.15, 0.2) is 46.0 Å². The van der Waals surface area contributed by atoms with E-state index in [1.54, 1.807) is 11.8 Å². The highest BCUT2D eigenvalue weighted by molar-refractivity contribution is 9.10. The third-order valence-corrected chi connectivity index (χ3v) is 4.07. The molecule has 1 aliphatic heterocycles. The van der Waals surface area contributed by atoms with Crippen LogP contribution in [-0.4, -0.2) is 17.8 Å². The van der Waals surface area contributed by atoms with E-state index in [1.807, 2.05) is 42.7 Å². The maximum atomic E-state index is 6.03. The summed E-state index contributed by atoms with van der Waals surface area (Å²) >= 11 is 5.00. The Morgan fingerprint density at radius 1 is 1.32 bits per heavy atom. The van der Waals surface area contributed by atoms with Gasteiger partial charge in [-0.1, -0.05) is 30.3 Å². The second-order valence-corrected chi connectivity index (χ2v) is 5.69. The number of pyridine rings is 1. The van der Waals surface area contributed by atoms with Gasteiger partial charge >= 0.3 is 0 Å². The fourth-order valence-electron chi connectivity index (χ4n) is 1.96. The van der Waals surface area contributed by atoms with Crippen LogP contribution < -0.4 is 9.47 Å². The number of halogens is 1. The van der Waals surface area contributed by atoms with Crippen LogP contribution in [0, 0.1) is 0 Å². The normalized spacial score (nSPS) is 17.3. The number of thioether (sulfide) groups is 1. The van der Waals surface area contributed by atoms with E-state index in [-0.39, 0.29) is 6.10 Å². The van der Waals surface area contributed by atoms with Gasteiger partial charge < -0.3 is 9.47 Å². The predicted molar refractivity (Wildman–Crippen MR) is 79.0 cm³/mol. The van der Waals surface area contributed by atoms with E-state index in [4.69, 9.17) is 9.47 Å². The van der Waals surface area contributed by atoms with Crippen molar-refractivity contribution in [1.82, 2.24) is 4.98 Å². The summed E-state index contributed by atoms with van der Waals surface area (Å²) in [7, 11) is 0. The Morgan fingerprint density at radius 2 is 2.11 bits per heavy atom. The summed E-state index contributed by atoms with van der Waals surface area (Å²) in [5.41, 5.74) is 1.12. The molecule has 0 fully saturated rings. The van der Waals surface area contributed by atoms with Gasteiger partial charge in [-0.2, -0.15) is 0 Å². The van der Waals surface area contributed by atoms with Crippen LogP contribution in [0.5, 0.6) is 11.5 Å². The largest absolute Gasteiger partial charge is 0.483 e. The molecule has 2 heterocycles. The van der Waals surface area contributed by atoms with Crippen molar-refractivity contribution in [3.05, 3.63) is 46.6 Å². The Labute approximate surface area is 124 Å². The van der Waals surface area contributed by atoms with Gasteiger partial charge in [-0.05, 0) is 27.7 Å². The number of hydrogen-bond acceptors (Lipinski definition) is 4. The molecule has 1 aromatic carbocycles. The van der Waals surface area contributed by atoms with E-state index in [1.165, 1.54) is 0 Å². The van der Waals surface area contributed by atoms with Gasteiger partial charge in [-0.3, -0.25) is 0 Å². The predicted octanol–water partition coefficient (Wildman–Crippen LogP) is 4.08. The summed E-state index contributed by atoms with van der Waals surface area (Å²) in [6, 6.07) is 12.0. The quantitative estimate of drug-likeness (QED) is 0.610. The van der Waals surface area contributed by atoms with Crippen molar-refractivity contribution in [1.29, 1.82) is 0 Å². The Kier molecular flexibility index (Phi) is 3.66. The van der Waals surface area contributed by atoms with E-state index in [0.29, 0.717) is 17.0 Å². The molecular formula is C14H12BrNO2S. The Bertz CT molecular complexity index is 591. The van der Waals surface area contributed by atoms with Crippen molar-refractivity contribution in [2.24, 2.45) is 0 Å². The zero-order valence-electron chi connectivity index (χ0n) is 10.3. The first kappa shape index (κ1) is 12.8. The number of nitrogens with zero attached hydrogens (tertiary/aromatic N) is 1. The van der Waals surface area contributed by atoms with Crippen LogP contribution in [0.1, 0.15) is 11.7 Å². The average molecular weight is 338 g/mol. The van der Waals surface area contributed by atoms with E-state index < -0.39 is 0 Å². The Balaban J connectivity index is 1.93. The minimum Gasteiger partial charge on any atom is -0.483 e. The van der Waals surface area contributed by atoms with E-state index in [0.717, 1.165) is 16.3 Å². The lowest BCUT2D eigenvalue weighted by molar-refractivity contribution is 0.0892. The van der Waals surface area contributed by atoms with Crippen molar-refractivity contribution in [3.8, 4) is 11.5 Å². The van der Waals surface area contributed by atoms with E-state index in [2.05, 4.69) is 20.9 Å². The van der Waals surface area contributed by atoms with Crippen molar-refractivity contribution >= 4 is 27.7 Å². The minimum absolute atomic E-state index is 0.0716. The van der Waals surface area contributed by atoms with Crippen molar-refractivity contribution in [2.45, 2.75) is 11.1 Å². The fraction of sp³-hybridized carbons (Fsp3) is 0.214. The second-order valence-electron chi connectivity index (χ2n) is 4.11. The van der Waals surface area contributed by atoms with Gasteiger partial charge in [0.2, 0.25) is 0 Å². The first-order valence-corrected chi connectivity index (χ1v) is 7.88. The summed E-state index contributed by atoms with van der Waals surface area (Å²) in [6.45, 7) is 0.496. The Morgan fingerprint density at radius 3 is 2.84 bits per heavy atom. The van der Waals surface area contributed by atoms with Gasteiger partial charge in [0.05, 0.1) is 0 Å². The summed E-state index contributed by atoms with van der Waals surface area (Å²) in [5.74, 6) is 1.43. The maximum absolute atomic E-state index is 6.03. The highest BCUT2D eigenvalue weighted by Gasteiger charge is 2.25. The van der Waals surface area contributed by atoms with Crippen molar-refractivity contribution in [2.75, 3.05) is 12.9 Å². The summed E-state index contributed by atoms with van der Waals surface area (Å²) in [5, 5.41) is 0.905. The highest BCUT2D eigenvalue weighted by atomic mass is 79.9. The van der Waals surface area contributed by atoms with Crippen molar-refractivity contribution in [3.63, 3.8) is 0 Å². The lowest BCUT2D eigenvalue weighted by Gasteiger charge is -2.27. The number of aromatic nitrogens is 1. The SMILES string of the molecule is CSc1cc2c(c(Br)n1)OCC(c1ccccc1)O2. The molecule has 1 unspecified atom stereocenters. The van der Waals surface area contributed by atoms with Crippen LogP contribution in [-0.2, 0) is 0 Å². The van der Waals surface area contributed by atoms with Crippen LogP contribution in [0.3, 0.4) is 0 Å². The number of rotatable bonds is 2. The molecular weight excluding hydrogens is 326 g/mol. The molecule has 0 spiro atoms. The summed E-state index contributed by atoms with van der Waals surface area (Å²) in [6.07, 6.45) is 1.91. The molecule has 3 nitrogen and oxygen atoms in total. The summed E-state index contributed by atoms with van der Waals surface area (Å²) in [4.78, 5) is 4.38. The van der Waals surface area contributed by atoms with Crippen molar-refractivity contribution < 1.29 is 9.47 Å². The first-order chi connectivity index (χ1) is 9.28. The van der Waals surface area contributed by atoms with Crippen LogP contribution in [0.2, 0.25) is 0 Å². The highest BCUT2D eigenvalue weighted by Crippen LogP contribution is 2.42. The van der Waals surface area contributed by atoms with Gasteiger partial charge in [-0.25, -0.2) is 4.98 Å². The first-order valence-electron chi connectivity index (χ1n) is 5.87. The molecule has 0 bridgehead atoms. The molecule has 0 radical (unpaired) electrons. The molecule has 2 aromatic rings. The van der Waals surface area contributed by atoms with Crippen LogP contribution >= 0.6 is 27.7 Å². The van der Waals surface area contributed by atoms with Gasteiger partial charge in [0.25, 0.3) is 0 Å². The fourth-order valence-corrected chi connectivity index (χ4v) is 2.99. The Hall–Kier alpha value is -1.20. The standard InChI is InChI=1S/C14H12BrNO2S/c1-19-12-7-10-13(14(15)16-12)17-8-11(18-10)9-5-3-2-4-6-9/h2-7,11H,8H2,1H3. The monoisotopic (exact) mass is 337 g/mol. The molecule has 1 atom stereocenters. The molecule has 5 heteroatoms. The zero-order chi connectivity index (χ0) is 13.2.